The third-order valence-corrected chi connectivity index (χ3v) is 3.32. The number of nitrogens with two attached hydrogens (primary N) is 1. The Morgan fingerprint density at radius 3 is 2.83 bits per heavy atom. The number of imidazole rings is 1. The van der Waals surface area contributed by atoms with Gasteiger partial charge in [-0.25, -0.2) is 4.98 Å². The third-order valence-electron chi connectivity index (χ3n) is 2.77. The molecular formula is C13H15Cl2N3. The van der Waals surface area contributed by atoms with E-state index in [4.69, 9.17) is 28.9 Å². The van der Waals surface area contributed by atoms with Crippen LogP contribution in [0.2, 0.25) is 10.0 Å². The maximum Gasteiger partial charge on any atom is 0.123 e. The van der Waals surface area contributed by atoms with E-state index < -0.39 is 0 Å². The lowest BCUT2D eigenvalue weighted by Crippen LogP contribution is -2.11. The normalized spacial score (nSPS) is 12.7. The molecule has 2 aromatic rings. The lowest BCUT2D eigenvalue weighted by atomic mass is 10.1. The number of aromatic amines is 1. The summed E-state index contributed by atoms with van der Waals surface area (Å²) >= 11 is 12.0. The zero-order valence-corrected chi connectivity index (χ0v) is 11.6. The van der Waals surface area contributed by atoms with Crippen LogP contribution in [0.4, 0.5) is 0 Å². The summed E-state index contributed by atoms with van der Waals surface area (Å²) in [5.41, 5.74) is 7.75. The molecule has 0 saturated heterocycles. The maximum atomic E-state index is 6.15. The first kappa shape index (κ1) is 13.4. The summed E-state index contributed by atoms with van der Waals surface area (Å²) in [6, 6.07) is 5.32. The second kappa shape index (κ2) is 5.74. The van der Waals surface area contributed by atoms with Gasteiger partial charge in [-0.05, 0) is 24.6 Å². The summed E-state index contributed by atoms with van der Waals surface area (Å²) in [5.74, 6) is 0.790. The Morgan fingerprint density at radius 1 is 1.39 bits per heavy atom. The van der Waals surface area contributed by atoms with Gasteiger partial charge >= 0.3 is 0 Å². The van der Waals surface area contributed by atoms with Crippen LogP contribution in [0.3, 0.4) is 0 Å². The molecule has 96 valence electrons. The molecule has 1 atom stereocenters. The summed E-state index contributed by atoms with van der Waals surface area (Å²) in [6.07, 6.45) is 3.68. The first-order valence-corrected chi connectivity index (χ1v) is 6.63. The van der Waals surface area contributed by atoms with E-state index in [0.717, 1.165) is 29.9 Å². The molecule has 0 aliphatic carbocycles. The first-order valence-electron chi connectivity index (χ1n) is 5.87. The quantitative estimate of drug-likeness (QED) is 0.884. The van der Waals surface area contributed by atoms with Crippen LogP contribution < -0.4 is 5.73 Å². The smallest absolute Gasteiger partial charge is 0.123 e. The van der Waals surface area contributed by atoms with Gasteiger partial charge in [-0.3, -0.25) is 0 Å². The third kappa shape index (κ3) is 2.86. The number of hydrogen-bond donors (Lipinski definition) is 2. The summed E-state index contributed by atoms with van der Waals surface area (Å²) in [5, 5.41) is 1.22. The average Bonchev–Trinajstić information content (AvgIpc) is 2.78. The minimum Gasteiger partial charge on any atom is -0.341 e. The van der Waals surface area contributed by atoms with E-state index in [1.165, 1.54) is 0 Å². The zero-order chi connectivity index (χ0) is 13.1. The summed E-state index contributed by atoms with van der Waals surface area (Å²) in [7, 11) is 0. The molecule has 2 rings (SSSR count). The molecule has 0 aliphatic rings. The zero-order valence-electron chi connectivity index (χ0n) is 10.1. The standard InChI is InChI=1S/C13H15Cl2N3/c1-2-3-11(16)13-17-7-12(18-13)9-5-4-8(14)6-10(9)15/h4-7,11H,2-3,16H2,1H3,(H,17,18). The molecule has 1 heterocycles. The molecule has 1 aromatic carbocycles. The number of nitrogens with one attached hydrogen (secondary N) is 1. The van der Waals surface area contributed by atoms with Crippen molar-refractivity contribution in [1.82, 2.24) is 9.97 Å². The SMILES string of the molecule is CCCC(N)c1ncc(-c2ccc(Cl)cc2Cl)[nH]1. The van der Waals surface area contributed by atoms with Gasteiger partial charge in [-0.15, -0.1) is 0 Å². The van der Waals surface area contributed by atoms with Gasteiger partial charge in [0.05, 0.1) is 23.0 Å². The van der Waals surface area contributed by atoms with Gasteiger partial charge in [0.15, 0.2) is 0 Å². The van der Waals surface area contributed by atoms with Gasteiger partial charge in [0, 0.05) is 10.6 Å². The Kier molecular flexibility index (Phi) is 4.27. The second-order valence-corrected chi connectivity index (χ2v) is 5.05. The fraction of sp³-hybridized carbons (Fsp3) is 0.308. The highest BCUT2D eigenvalue weighted by atomic mass is 35.5. The van der Waals surface area contributed by atoms with E-state index in [0.29, 0.717) is 10.0 Å². The van der Waals surface area contributed by atoms with Gasteiger partial charge in [0.2, 0.25) is 0 Å². The second-order valence-electron chi connectivity index (χ2n) is 4.20. The number of halogens is 2. The number of hydrogen-bond acceptors (Lipinski definition) is 2. The molecule has 0 aliphatic heterocycles. The highest BCUT2D eigenvalue weighted by molar-refractivity contribution is 6.36. The summed E-state index contributed by atoms with van der Waals surface area (Å²) < 4.78 is 0. The number of rotatable bonds is 4. The number of benzene rings is 1. The van der Waals surface area contributed by atoms with Gasteiger partial charge in [-0.2, -0.15) is 0 Å². The Morgan fingerprint density at radius 2 is 2.17 bits per heavy atom. The molecule has 0 saturated carbocycles. The van der Waals surface area contributed by atoms with Crippen molar-refractivity contribution >= 4 is 23.2 Å². The predicted molar refractivity (Wildman–Crippen MR) is 75.9 cm³/mol. The van der Waals surface area contributed by atoms with Crippen molar-refractivity contribution in [2.45, 2.75) is 25.8 Å². The van der Waals surface area contributed by atoms with Crippen LogP contribution in [0.25, 0.3) is 11.3 Å². The molecule has 3 N–H and O–H groups in total. The van der Waals surface area contributed by atoms with E-state index in [2.05, 4.69) is 16.9 Å². The Balaban J connectivity index is 2.29. The lowest BCUT2D eigenvalue weighted by Gasteiger charge is -2.06. The van der Waals surface area contributed by atoms with Crippen LogP contribution in [-0.4, -0.2) is 9.97 Å². The number of nitrogens with zero attached hydrogens (tertiary/aromatic N) is 1. The van der Waals surface area contributed by atoms with Crippen molar-refractivity contribution in [2.75, 3.05) is 0 Å². The van der Waals surface area contributed by atoms with Crippen LogP contribution >= 0.6 is 23.2 Å². The van der Waals surface area contributed by atoms with E-state index >= 15 is 0 Å². The fourth-order valence-electron chi connectivity index (χ4n) is 1.82. The van der Waals surface area contributed by atoms with Crippen molar-refractivity contribution in [2.24, 2.45) is 5.73 Å². The molecule has 0 bridgehead atoms. The highest BCUT2D eigenvalue weighted by Gasteiger charge is 2.12. The molecule has 18 heavy (non-hydrogen) atoms. The van der Waals surface area contributed by atoms with E-state index in [1.54, 1.807) is 18.3 Å². The predicted octanol–water partition coefficient (Wildman–Crippen LogP) is 4.18. The average molecular weight is 284 g/mol. The topological polar surface area (TPSA) is 54.7 Å². The van der Waals surface area contributed by atoms with E-state index in [-0.39, 0.29) is 6.04 Å². The largest absolute Gasteiger partial charge is 0.341 e. The van der Waals surface area contributed by atoms with Gasteiger partial charge in [0.1, 0.15) is 5.82 Å². The molecule has 0 radical (unpaired) electrons. The Bertz CT molecular complexity index is 537. The molecular weight excluding hydrogens is 269 g/mol. The van der Waals surface area contributed by atoms with Gasteiger partial charge < -0.3 is 10.7 Å². The maximum absolute atomic E-state index is 6.15. The summed E-state index contributed by atoms with van der Waals surface area (Å²) in [6.45, 7) is 2.10. The van der Waals surface area contributed by atoms with Crippen molar-refractivity contribution < 1.29 is 0 Å². The molecule has 0 fully saturated rings. The minimum absolute atomic E-state index is 0.0603. The molecule has 3 nitrogen and oxygen atoms in total. The van der Waals surface area contributed by atoms with Crippen LogP contribution in [-0.2, 0) is 0 Å². The molecule has 1 unspecified atom stereocenters. The van der Waals surface area contributed by atoms with E-state index in [9.17, 15) is 0 Å². The molecule has 5 heteroatoms. The minimum atomic E-state index is -0.0603. The lowest BCUT2D eigenvalue weighted by molar-refractivity contribution is 0.609. The van der Waals surface area contributed by atoms with Crippen molar-refractivity contribution in [3.8, 4) is 11.3 Å². The van der Waals surface area contributed by atoms with Crippen molar-refractivity contribution in [3.05, 3.63) is 40.3 Å². The van der Waals surface area contributed by atoms with Crippen LogP contribution in [0, 0.1) is 0 Å². The van der Waals surface area contributed by atoms with Crippen LogP contribution in [0.15, 0.2) is 24.4 Å². The van der Waals surface area contributed by atoms with Gasteiger partial charge in [-0.1, -0.05) is 36.5 Å². The first-order chi connectivity index (χ1) is 8.61. The number of H-pyrrole nitrogens is 1. The van der Waals surface area contributed by atoms with E-state index in [1.807, 2.05) is 6.07 Å². The van der Waals surface area contributed by atoms with Gasteiger partial charge in [0.25, 0.3) is 0 Å². The Hall–Kier alpha value is -1.03. The highest BCUT2D eigenvalue weighted by Crippen LogP contribution is 2.29. The van der Waals surface area contributed by atoms with Crippen molar-refractivity contribution in [1.29, 1.82) is 0 Å². The Labute approximate surface area is 116 Å². The monoisotopic (exact) mass is 283 g/mol. The van der Waals surface area contributed by atoms with Crippen LogP contribution in [0.5, 0.6) is 0 Å². The summed E-state index contributed by atoms with van der Waals surface area (Å²) in [4.78, 5) is 7.51. The molecule has 0 spiro atoms. The fourth-order valence-corrected chi connectivity index (χ4v) is 2.33. The van der Waals surface area contributed by atoms with Crippen LogP contribution in [0.1, 0.15) is 31.6 Å². The molecule has 1 aromatic heterocycles. The number of aromatic nitrogens is 2. The van der Waals surface area contributed by atoms with Crippen molar-refractivity contribution in [3.63, 3.8) is 0 Å². The molecule has 0 amide bonds.